The van der Waals surface area contributed by atoms with Crippen molar-refractivity contribution in [3.8, 4) is 0 Å². The van der Waals surface area contributed by atoms with Crippen molar-refractivity contribution in [2.24, 2.45) is 50.2 Å². The SMILES string of the molecule is COC(=O)[C@]12CCC(C)(C)CC1C1C(=O)C=C3[C@@]4(C)C=C(C)C(=O)C(C)(C)[C@@H]4C(=O)C[C@@]3(C)[C@]1(C)CC2. The van der Waals surface area contributed by atoms with Crippen molar-refractivity contribution < 1.29 is 23.9 Å². The molecule has 7 atom stereocenters. The highest BCUT2D eigenvalue weighted by atomic mass is 16.5. The first-order valence-electron chi connectivity index (χ1n) is 14.0. The van der Waals surface area contributed by atoms with Gasteiger partial charge in [-0.15, -0.1) is 0 Å². The average molecular weight is 509 g/mol. The smallest absolute Gasteiger partial charge is 0.312 e. The van der Waals surface area contributed by atoms with Gasteiger partial charge in [0.25, 0.3) is 0 Å². The Bertz CT molecular complexity index is 1190. The number of carbonyl (C=O) groups excluding carboxylic acids is 4. The fourth-order valence-electron chi connectivity index (χ4n) is 10.3. The molecule has 0 amide bonds. The molecule has 0 aromatic heterocycles. The first-order chi connectivity index (χ1) is 16.9. The molecule has 37 heavy (non-hydrogen) atoms. The van der Waals surface area contributed by atoms with Gasteiger partial charge < -0.3 is 4.74 Å². The summed E-state index contributed by atoms with van der Waals surface area (Å²) in [6.45, 7) is 16.6. The lowest BCUT2D eigenvalue weighted by Gasteiger charge is -2.68. The second kappa shape index (κ2) is 7.54. The van der Waals surface area contributed by atoms with Gasteiger partial charge in [0.2, 0.25) is 0 Å². The van der Waals surface area contributed by atoms with Crippen molar-refractivity contribution in [2.75, 3.05) is 7.11 Å². The van der Waals surface area contributed by atoms with Crippen LogP contribution in [0.25, 0.3) is 0 Å². The molecule has 0 aliphatic heterocycles. The zero-order valence-corrected chi connectivity index (χ0v) is 24.2. The Hall–Kier alpha value is -2.04. The van der Waals surface area contributed by atoms with E-state index in [9.17, 15) is 19.2 Å². The number of hydrogen-bond acceptors (Lipinski definition) is 5. The van der Waals surface area contributed by atoms with E-state index in [1.807, 2.05) is 32.9 Å². The van der Waals surface area contributed by atoms with Crippen LogP contribution in [0, 0.1) is 50.2 Å². The molecule has 0 aromatic carbocycles. The van der Waals surface area contributed by atoms with Crippen molar-refractivity contribution in [1.29, 1.82) is 0 Å². The Balaban J connectivity index is 1.73. The lowest BCUT2D eigenvalue weighted by atomic mass is 9.34. The van der Waals surface area contributed by atoms with Gasteiger partial charge in [-0.05, 0) is 73.0 Å². The first kappa shape index (κ1) is 26.6. The second-order valence-corrected chi connectivity index (χ2v) is 15.0. The zero-order chi connectivity index (χ0) is 27.6. The fourth-order valence-corrected chi connectivity index (χ4v) is 10.3. The Morgan fingerprint density at radius 3 is 2.19 bits per heavy atom. The highest BCUT2D eigenvalue weighted by molar-refractivity contribution is 6.06. The van der Waals surface area contributed by atoms with Crippen LogP contribution >= 0.6 is 0 Å². The van der Waals surface area contributed by atoms with Crippen LogP contribution in [0.2, 0.25) is 0 Å². The van der Waals surface area contributed by atoms with Gasteiger partial charge in [0.05, 0.1) is 12.5 Å². The Kier molecular flexibility index (Phi) is 5.41. The number of methoxy groups -OCH3 is 1. The summed E-state index contributed by atoms with van der Waals surface area (Å²) in [6, 6.07) is 0. The maximum atomic E-state index is 14.4. The monoisotopic (exact) mass is 508 g/mol. The highest BCUT2D eigenvalue weighted by Gasteiger charge is 2.72. The van der Waals surface area contributed by atoms with Crippen molar-refractivity contribution in [2.45, 2.75) is 93.9 Å². The normalized spacial score (nSPS) is 46.0. The summed E-state index contributed by atoms with van der Waals surface area (Å²) in [6.07, 6.45) is 7.98. The summed E-state index contributed by atoms with van der Waals surface area (Å²) >= 11 is 0. The lowest BCUT2D eigenvalue weighted by molar-refractivity contribution is -0.191. The molecule has 5 aliphatic carbocycles. The van der Waals surface area contributed by atoms with E-state index < -0.39 is 33.0 Å². The minimum absolute atomic E-state index is 0.0173. The molecule has 5 heteroatoms. The van der Waals surface area contributed by atoms with Crippen LogP contribution in [-0.4, -0.2) is 30.4 Å². The molecule has 0 spiro atoms. The number of fused-ring (bicyclic) bond motifs is 7. The predicted octanol–water partition coefficient (Wildman–Crippen LogP) is 6.05. The van der Waals surface area contributed by atoms with E-state index in [0.717, 1.165) is 24.8 Å². The molecule has 0 bridgehead atoms. The largest absolute Gasteiger partial charge is 0.469 e. The number of carbonyl (C=O) groups is 4. The average Bonchev–Trinajstić information content (AvgIpc) is 2.78. The van der Waals surface area contributed by atoms with Crippen LogP contribution in [0.15, 0.2) is 23.3 Å². The van der Waals surface area contributed by atoms with Gasteiger partial charge in [0, 0.05) is 34.5 Å². The quantitative estimate of drug-likeness (QED) is 0.403. The summed E-state index contributed by atoms with van der Waals surface area (Å²) in [5.41, 5.74) is -1.47. The molecule has 3 fully saturated rings. The van der Waals surface area contributed by atoms with E-state index in [-0.39, 0.29) is 40.6 Å². The number of ketones is 3. The molecule has 5 aliphatic rings. The van der Waals surface area contributed by atoms with Gasteiger partial charge in [0.1, 0.15) is 5.78 Å². The molecule has 0 aromatic rings. The summed E-state index contributed by atoms with van der Waals surface area (Å²) in [5.74, 6) is -0.913. The maximum Gasteiger partial charge on any atom is 0.312 e. The van der Waals surface area contributed by atoms with Crippen LogP contribution in [0.3, 0.4) is 0 Å². The van der Waals surface area contributed by atoms with Gasteiger partial charge in [-0.2, -0.15) is 0 Å². The minimum Gasteiger partial charge on any atom is -0.469 e. The fraction of sp³-hybridized carbons (Fsp3) is 0.750. The molecule has 3 saturated carbocycles. The van der Waals surface area contributed by atoms with Crippen LogP contribution in [-0.2, 0) is 23.9 Å². The van der Waals surface area contributed by atoms with E-state index in [1.54, 1.807) is 0 Å². The van der Waals surface area contributed by atoms with Gasteiger partial charge in [-0.25, -0.2) is 0 Å². The highest BCUT2D eigenvalue weighted by Crippen LogP contribution is 2.74. The molecule has 5 nitrogen and oxygen atoms in total. The van der Waals surface area contributed by atoms with Crippen LogP contribution in [0.5, 0.6) is 0 Å². The molecule has 0 saturated heterocycles. The van der Waals surface area contributed by atoms with Crippen molar-refractivity contribution in [1.82, 2.24) is 0 Å². The molecular weight excluding hydrogens is 464 g/mol. The summed E-state index contributed by atoms with van der Waals surface area (Å²) in [7, 11) is 1.46. The van der Waals surface area contributed by atoms with E-state index >= 15 is 0 Å². The van der Waals surface area contributed by atoms with Crippen molar-refractivity contribution >= 4 is 23.3 Å². The third kappa shape index (κ3) is 3.09. The molecular formula is C32H44O5. The van der Waals surface area contributed by atoms with Gasteiger partial charge in [0.15, 0.2) is 11.6 Å². The summed E-state index contributed by atoms with van der Waals surface area (Å²) in [4.78, 5) is 55.0. The molecule has 202 valence electrons. The lowest BCUT2D eigenvalue weighted by Crippen LogP contribution is -2.67. The number of Topliss-reactive ketones (excluding diaryl/α,β-unsaturated/α-hetero) is 2. The Morgan fingerprint density at radius 2 is 1.57 bits per heavy atom. The predicted molar refractivity (Wildman–Crippen MR) is 141 cm³/mol. The van der Waals surface area contributed by atoms with E-state index in [0.29, 0.717) is 24.8 Å². The van der Waals surface area contributed by atoms with Crippen LogP contribution in [0.1, 0.15) is 93.9 Å². The summed E-state index contributed by atoms with van der Waals surface area (Å²) in [5, 5.41) is 0. The van der Waals surface area contributed by atoms with Crippen LogP contribution in [0.4, 0.5) is 0 Å². The van der Waals surface area contributed by atoms with Crippen LogP contribution < -0.4 is 0 Å². The number of hydrogen-bond donors (Lipinski definition) is 0. The standard InChI is InChI=1S/C32H44O5/c1-18-15-29(6)22-14-20(33)23-19-16-27(2,3)10-12-32(19,26(36)37-9)13-11-30(23,7)31(22,8)17-21(34)24(29)28(4,5)25(18)35/h14-15,19,23-24H,10-13,16-17H2,1-9H3/t19?,23?,24-,29+,30+,31+,32-/m0/s1. The van der Waals surface area contributed by atoms with Crippen molar-refractivity contribution in [3.05, 3.63) is 23.3 Å². The molecule has 0 heterocycles. The molecule has 0 N–H and O–H groups in total. The van der Waals surface area contributed by atoms with E-state index in [4.69, 9.17) is 4.74 Å². The van der Waals surface area contributed by atoms with Gasteiger partial charge in [-0.1, -0.05) is 54.5 Å². The molecule has 2 unspecified atom stereocenters. The first-order valence-corrected chi connectivity index (χ1v) is 14.0. The second-order valence-electron chi connectivity index (χ2n) is 15.0. The molecule has 5 rings (SSSR count). The third-order valence-electron chi connectivity index (χ3n) is 12.2. The number of rotatable bonds is 1. The topological polar surface area (TPSA) is 77.5 Å². The zero-order valence-electron chi connectivity index (χ0n) is 24.2. The van der Waals surface area contributed by atoms with Gasteiger partial charge in [-0.3, -0.25) is 19.2 Å². The van der Waals surface area contributed by atoms with E-state index in [2.05, 4.69) is 34.6 Å². The Labute approximate surface area is 221 Å². The molecule has 0 radical (unpaired) electrons. The summed E-state index contributed by atoms with van der Waals surface area (Å²) < 4.78 is 5.39. The van der Waals surface area contributed by atoms with E-state index in [1.165, 1.54) is 7.11 Å². The van der Waals surface area contributed by atoms with Crippen molar-refractivity contribution in [3.63, 3.8) is 0 Å². The maximum absolute atomic E-state index is 14.4. The number of esters is 1. The van der Waals surface area contributed by atoms with Gasteiger partial charge >= 0.3 is 5.97 Å². The third-order valence-corrected chi connectivity index (χ3v) is 12.2. The number of ether oxygens (including phenoxy) is 1. The minimum atomic E-state index is -0.826. The Morgan fingerprint density at radius 1 is 0.946 bits per heavy atom. The number of allylic oxidation sites excluding steroid dienone is 4.